The number of nitrogen functional groups attached to an aromatic ring is 1. The molecule has 0 saturated heterocycles. The molecule has 2 rings (SSSR count). The predicted octanol–water partition coefficient (Wildman–Crippen LogP) is 4.19. The van der Waals surface area contributed by atoms with Crippen LogP contribution >= 0.6 is 15.9 Å². The molecule has 0 atom stereocenters. The molecule has 0 unspecified atom stereocenters. The number of halogens is 1. The van der Waals surface area contributed by atoms with E-state index in [1.54, 1.807) is 0 Å². The van der Waals surface area contributed by atoms with Crippen molar-refractivity contribution < 1.29 is 0 Å². The van der Waals surface area contributed by atoms with E-state index in [1.165, 1.54) is 44.1 Å². The highest BCUT2D eigenvalue weighted by atomic mass is 79.9. The molecule has 0 heterocycles. The summed E-state index contributed by atoms with van der Waals surface area (Å²) >= 11 is 3.62. The largest absolute Gasteiger partial charge is 0.399 e. The Labute approximate surface area is 119 Å². The van der Waals surface area contributed by atoms with E-state index in [4.69, 9.17) is 5.73 Å². The third kappa shape index (κ3) is 3.72. The van der Waals surface area contributed by atoms with Crippen LogP contribution in [0.15, 0.2) is 22.7 Å². The molecule has 0 bridgehead atoms. The van der Waals surface area contributed by atoms with E-state index in [9.17, 15) is 0 Å². The number of rotatable bonds is 3. The molecule has 1 aromatic carbocycles. The highest BCUT2D eigenvalue weighted by Gasteiger charge is 2.17. The summed E-state index contributed by atoms with van der Waals surface area (Å²) in [5.41, 5.74) is 8.01. The van der Waals surface area contributed by atoms with Crippen molar-refractivity contribution in [2.24, 2.45) is 0 Å². The first-order valence-electron chi connectivity index (χ1n) is 6.91. The minimum absolute atomic E-state index is 0.737. The van der Waals surface area contributed by atoms with E-state index in [0.717, 1.165) is 22.7 Å². The Hall–Kier alpha value is -0.540. The molecule has 2 N–H and O–H groups in total. The van der Waals surface area contributed by atoms with Crippen LogP contribution in [0.3, 0.4) is 0 Å². The second-order valence-electron chi connectivity index (χ2n) is 5.41. The molecule has 0 radical (unpaired) electrons. The average Bonchev–Trinajstić information content (AvgIpc) is 2.62. The minimum atomic E-state index is 0.737. The zero-order valence-corrected chi connectivity index (χ0v) is 12.7. The van der Waals surface area contributed by atoms with Crippen LogP contribution in [0.4, 0.5) is 5.69 Å². The lowest BCUT2D eigenvalue weighted by molar-refractivity contribution is 0.213. The van der Waals surface area contributed by atoms with Gasteiger partial charge in [0.05, 0.1) is 0 Å². The van der Waals surface area contributed by atoms with Crippen LogP contribution in [0.25, 0.3) is 0 Å². The number of nitrogens with two attached hydrogens (primary N) is 1. The highest BCUT2D eigenvalue weighted by molar-refractivity contribution is 9.10. The smallest absolute Gasteiger partial charge is 0.0318 e. The van der Waals surface area contributed by atoms with E-state index in [2.05, 4.69) is 33.9 Å². The molecule has 0 amide bonds. The quantitative estimate of drug-likeness (QED) is 0.670. The Balaban J connectivity index is 2.00. The van der Waals surface area contributed by atoms with E-state index < -0.39 is 0 Å². The van der Waals surface area contributed by atoms with Crippen molar-refractivity contribution in [2.75, 3.05) is 12.8 Å². The SMILES string of the molecule is CN(Cc1cc(N)ccc1Br)C1CCCCCC1. The van der Waals surface area contributed by atoms with Gasteiger partial charge in [-0.3, -0.25) is 4.90 Å². The monoisotopic (exact) mass is 310 g/mol. The zero-order valence-electron chi connectivity index (χ0n) is 11.2. The Morgan fingerprint density at radius 1 is 1.22 bits per heavy atom. The Kier molecular flexibility index (Phi) is 5.07. The average molecular weight is 311 g/mol. The molecule has 1 aliphatic carbocycles. The van der Waals surface area contributed by atoms with Gasteiger partial charge >= 0.3 is 0 Å². The minimum Gasteiger partial charge on any atom is -0.399 e. The maximum atomic E-state index is 5.87. The summed E-state index contributed by atoms with van der Waals surface area (Å²) in [6, 6.07) is 6.81. The molecule has 2 nitrogen and oxygen atoms in total. The van der Waals surface area contributed by atoms with Gasteiger partial charge in [0, 0.05) is 22.7 Å². The molecule has 1 fully saturated rings. The normalized spacial score (nSPS) is 17.9. The molecule has 1 aromatic rings. The summed E-state index contributed by atoms with van der Waals surface area (Å²) in [4.78, 5) is 2.49. The van der Waals surface area contributed by atoms with Gasteiger partial charge < -0.3 is 5.73 Å². The second kappa shape index (κ2) is 6.58. The molecule has 1 aliphatic rings. The van der Waals surface area contributed by atoms with E-state index in [1.807, 2.05) is 12.1 Å². The van der Waals surface area contributed by atoms with Gasteiger partial charge in [-0.05, 0) is 43.7 Å². The van der Waals surface area contributed by atoms with Gasteiger partial charge in [-0.25, -0.2) is 0 Å². The fourth-order valence-corrected chi connectivity index (χ4v) is 3.18. The van der Waals surface area contributed by atoms with E-state index >= 15 is 0 Å². The van der Waals surface area contributed by atoms with E-state index in [0.29, 0.717) is 0 Å². The van der Waals surface area contributed by atoms with Crippen molar-refractivity contribution >= 4 is 21.6 Å². The number of benzene rings is 1. The Morgan fingerprint density at radius 3 is 2.56 bits per heavy atom. The summed E-state index contributed by atoms with van der Waals surface area (Å²) in [7, 11) is 2.24. The summed E-state index contributed by atoms with van der Waals surface area (Å²) in [5.74, 6) is 0. The van der Waals surface area contributed by atoms with Crippen molar-refractivity contribution in [1.29, 1.82) is 0 Å². The van der Waals surface area contributed by atoms with Gasteiger partial charge in [0.15, 0.2) is 0 Å². The van der Waals surface area contributed by atoms with Gasteiger partial charge in [0.2, 0.25) is 0 Å². The van der Waals surface area contributed by atoms with Crippen LogP contribution in [0.2, 0.25) is 0 Å². The summed E-state index contributed by atoms with van der Waals surface area (Å²) in [6.07, 6.45) is 8.27. The fourth-order valence-electron chi connectivity index (χ4n) is 2.81. The number of anilines is 1. The topological polar surface area (TPSA) is 29.3 Å². The molecular formula is C15H23BrN2. The van der Waals surface area contributed by atoms with Gasteiger partial charge in [0.25, 0.3) is 0 Å². The molecule has 0 aliphatic heterocycles. The lowest BCUT2D eigenvalue weighted by Gasteiger charge is -2.27. The molecule has 1 saturated carbocycles. The number of hydrogen-bond donors (Lipinski definition) is 1. The molecule has 3 heteroatoms. The number of nitrogens with zero attached hydrogens (tertiary/aromatic N) is 1. The Morgan fingerprint density at radius 2 is 1.89 bits per heavy atom. The van der Waals surface area contributed by atoms with Crippen LogP contribution in [0, 0.1) is 0 Å². The molecule has 18 heavy (non-hydrogen) atoms. The van der Waals surface area contributed by atoms with Gasteiger partial charge in [-0.2, -0.15) is 0 Å². The van der Waals surface area contributed by atoms with Crippen molar-refractivity contribution in [3.8, 4) is 0 Å². The maximum absolute atomic E-state index is 5.87. The summed E-state index contributed by atoms with van der Waals surface area (Å²) in [6.45, 7) is 0.982. The summed E-state index contributed by atoms with van der Waals surface area (Å²) < 4.78 is 1.16. The standard InChI is InChI=1S/C15H23BrN2/c1-18(14-6-4-2-3-5-7-14)11-12-10-13(17)8-9-15(12)16/h8-10,14H,2-7,11,17H2,1H3. The lowest BCUT2D eigenvalue weighted by atomic mass is 10.1. The third-order valence-electron chi connectivity index (χ3n) is 3.94. The van der Waals surface area contributed by atoms with Gasteiger partial charge in [-0.1, -0.05) is 41.6 Å². The summed E-state index contributed by atoms with van der Waals surface area (Å²) in [5, 5.41) is 0. The first-order valence-corrected chi connectivity index (χ1v) is 7.70. The van der Waals surface area contributed by atoms with Crippen LogP contribution in [-0.2, 0) is 6.54 Å². The predicted molar refractivity (Wildman–Crippen MR) is 81.5 cm³/mol. The van der Waals surface area contributed by atoms with Crippen LogP contribution in [-0.4, -0.2) is 18.0 Å². The van der Waals surface area contributed by atoms with Crippen molar-refractivity contribution in [2.45, 2.75) is 51.1 Å². The van der Waals surface area contributed by atoms with Crippen molar-refractivity contribution in [3.05, 3.63) is 28.2 Å². The number of hydrogen-bond acceptors (Lipinski definition) is 2. The van der Waals surface area contributed by atoms with Crippen molar-refractivity contribution in [3.63, 3.8) is 0 Å². The third-order valence-corrected chi connectivity index (χ3v) is 4.71. The van der Waals surface area contributed by atoms with Gasteiger partial charge in [-0.15, -0.1) is 0 Å². The molecular weight excluding hydrogens is 288 g/mol. The second-order valence-corrected chi connectivity index (χ2v) is 6.27. The fraction of sp³-hybridized carbons (Fsp3) is 0.600. The zero-order chi connectivity index (χ0) is 13.0. The molecule has 0 spiro atoms. The lowest BCUT2D eigenvalue weighted by Crippen LogP contribution is -2.30. The van der Waals surface area contributed by atoms with Crippen LogP contribution < -0.4 is 5.73 Å². The molecule has 0 aromatic heterocycles. The Bertz CT molecular complexity index is 384. The van der Waals surface area contributed by atoms with E-state index in [-0.39, 0.29) is 0 Å². The van der Waals surface area contributed by atoms with Gasteiger partial charge in [0.1, 0.15) is 0 Å². The first kappa shape index (κ1) is 13.9. The molecule has 100 valence electrons. The van der Waals surface area contributed by atoms with Crippen LogP contribution in [0.1, 0.15) is 44.1 Å². The van der Waals surface area contributed by atoms with Crippen LogP contribution in [0.5, 0.6) is 0 Å². The highest BCUT2D eigenvalue weighted by Crippen LogP contribution is 2.25. The van der Waals surface area contributed by atoms with Crippen molar-refractivity contribution in [1.82, 2.24) is 4.90 Å². The maximum Gasteiger partial charge on any atom is 0.0318 e. The first-order chi connectivity index (χ1) is 8.66.